The van der Waals surface area contributed by atoms with Crippen LogP contribution in [-0.4, -0.2) is 97.6 Å². The lowest BCUT2D eigenvalue weighted by molar-refractivity contribution is -0.901. The molecule has 0 spiro atoms. The van der Waals surface area contributed by atoms with Crippen LogP contribution in [-0.2, 0) is 9.53 Å². The van der Waals surface area contributed by atoms with E-state index in [-0.39, 0.29) is 46.9 Å². The second-order valence-corrected chi connectivity index (χ2v) is 9.75. The largest absolute Gasteiger partial charge is 0.535 e. The maximum Gasteiger partial charge on any atom is 0.526 e. The number of benzene rings is 1. The molecule has 2 saturated heterocycles. The van der Waals surface area contributed by atoms with Crippen molar-refractivity contribution in [3.63, 3.8) is 0 Å². The Kier molecular flexibility index (Phi) is 4.91. The summed E-state index contributed by atoms with van der Waals surface area (Å²) in [6.45, 7) is 3.23. The van der Waals surface area contributed by atoms with Crippen molar-refractivity contribution < 1.29 is 38.3 Å². The third-order valence-electron chi connectivity index (χ3n) is 6.85. The molecule has 1 amide bonds. The number of carboxylic acid groups (broad SMARTS) is 1. The maximum atomic E-state index is 12.6. The number of carbonyl (C=O) groups excluding carboxylic acids is 1. The molecule has 1 saturated carbocycles. The topological polar surface area (TPSA) is 106 Å². The van der Waals surface area contributed by atoms with Crippen LogP contribution in [0.25, 0.3) is 0 Å². The van der Waals surface area contributed by atoms with E-state index in [0.29, 0.717) is 26.1 Å². The molecule has 3 aliphatic heterocycles. The molecule has 1 aliphatic carbocycles. The van der Waals surface area contributed by atoms with Gasteiger partial charge in [-0.15, -0.1) is 0 Å². The van der Waals surface area contributed by atoms with Crippen LogP contribution in [0.3, 0.4) is 0 Å². The summed E-state index contributed by atoms with van der Waals surface area (Å²) in [5.41, 5.74) is 0.765. The van der Waals surface area contributed by atoms with Gasteiger partial charge in [-0.3, -0.25) is 4.79 Å². The fourth-order valence-corrected chi connectivity index (χ4v) is 4.90. The van der Waals surface area contributed by atoms with Crippen LogP contribution in [0.5, 0.6) is 11.5 Å². The fraction of sp³-hybridized carbons (Fsp3) is 0.619. The molecule has 31 heavy (non-hydrogen) atoms. The average Bonchev–Trinajstić information content (AvgIpc) is 3.44. The maximum absolute atomic E-state index is 12.6. The number of aromatic carboxylic acids is 1. The van der Waals surface area contributed by atoms with E-state index in [0.717, 1.165) is 29.6 Å². The third-order valence-corrected chi connectivity index (χ3v) is 6.85. The van der Waals surface area contributed by atoms with Crippen LogP contribution in [0, 0.1) is 0 Å². The Morgan fingerprint density at radius 2 is 2.10 bits per heavy atom. The SMILES string of the molecule is C[N+]1(C)CCO[C@@H](CC(=O)N2CC(Oc3ccc4c(c3C(=O)O)OB(O)[C@H]3C[C@@H]43)C2)C1. The smallest absolute Gasteiger partial charge is 0.526 e. The molecule has 3 atom stereocenters. The zero-order chi connectivity index (χ0) is 21.9. The number of nitrogens with zero attached hydrogens (tertiary/aromatic N) is 2. The number of quaternary nitrogens is 1. The van der Waals surface area contributed by atoms with E-state index in [2.05, 4.69) is 14.1 Å². The molecule has 1 aromatic carbocycles. The number of hydrogen-bond acceptors (Lipinski definition) is 6. The van der Waals surface area contributed by atoms with Gasteiger partial charge in [-0.2, -0.15) is 0 Å². The molecule has 9 nitrogen and oxygen atoms in total. The zero-order valence-corrected chi connectivity index (χ0v) is 17.8. The van der Waals surface area contributed by atoms with Gasteiger partial charge in [0.25, 0.3) is 0 Å². The van der Waals surface area contributed by atoms with Crippen LogP contribution >= 0.6 is 0 Å². The lowest BCUT2D eigenvalue weighted by Crippen LogP contribution is -2.58. The first-order chi connectivity index (χ1) is 14.7. The lowest BCUT2D eigenvalue weighted by Gasteiger charge is -2.41. The number of likely N-dealkylation sites (N-methyl/N-ethyl adjacent to an activating group) is 1. The van der Waals surface area contributed by atoms with Gasteiger partial charge in [0.05, 0.1) is 40.2 Å². The highest BCUT2D eigenvalue weighted by molar-refractivity contribution is 6.48. The van der Waals surface area contributed by atoms with Gasteiger partial charge in [0.15, 0.2) is 0 Å². The molecule has 3 heterocycles. The molecule has 0 unspecified atom stereocenters. The predicted molar refractivity (Wildman–Crippen MR) is 110 cm³/mol. The normalized spacial score (nSPS) is 28.7. The first kappa shape index (κ1) is 20.6. The number of fused-ring (bicyclic) bond motifs is 3. The van der Waals surface area contributed by atoms with Crippen molar-refractivity contribution in [1.82, 2.24) is 4.90 Å². The molecule has 4 aliphatic rings. The van der Waals surface area contributed by atoms with E-state index in [1.165, 1.54) is 0 Å². The first-order valence-electron chi connectivity index (χ1n) is 10.8. The predicted octanol–water partition coefficient (Wildman–Crippen LogP) is 0.570. The summed E-state index contributed by atoms with van der Waals surface area (Å²) >= 11 is 0. The van der Waals surface area contributed by atoms with Gasteiger partial charge >= 0.3 is 13.1 Å². The van der Waals surface area contributed by atoms with Crippen LogP contribution in [0.2, 0.25) is 5.82 Å². The van der Waals surface area contributed by atoms with E-state index in [1.54, 1.807) is 11.0 Å². The van der Waals surface area contributed by atoms with Crippen LogP contribution < -0.4 is 9.39 Å². The molecular formula is C21H28BN2O7+. The summed E-state index contributed by atoms with van der Waals surface area (Å²) in [4.78, 5) is 26.2. The Labute approximate surface area is 181 Å². The van der Waals surface area contributed by atoms with Gasteiger partial charge in [0.2, 0.25) is 5.91 Å². The summed E-state index contributed by atoms with van der Waals surface area (Å²) in [5, 5.41) is 19.8. The molecule has 0 radical (unpaired) electrons. The van der Waals surface area contributed by atoms with Crippen molar-refractivity contribution in [2.24, 2.45) is 0 Å². The zero-order valence-electron chi connectivity index (χ0n) is 17.8. The van der Waals surface area contributed by atoms with E-state index >= 15 is 0 Å². The summed E-state index contributed by atoms with van der Waals surface area (Å²) in [6.07, 6.45) is 0.794. The van der Waals surface area contributed by atoms with Crippen molar-refractivity contribution in [1.29, 1.82) is 0 Å². The summed E-state index contributed by atoms with van der Waals surface area (Å²) < 4.78 is 18.0. The second kappa shape index (κ2) is 7.39. The Hall–Kier alpha value is -2.30. The number of hydrogen-bond donors (Lipinski definition) is 2. The molecule has 0 aromatic heterocycles. The number of likely N-dealkylation sites (tertiary alicyclic amines) is 1. The molecule has 0 bridgehead atoms. The summed E-state index contributed by atoms with van der Waals surface area (Å²) in [7, 11) is 3.30. The van der Waals surface area contributed by atoms with Crippen molar-refractivity contribution >= 4 is 19.0 Å². The van der Waals surface area contributed by atoms with E-state index in [4.69, 9.17) is 14.1 Å². The molecule has 1 aromatic rings. The molecule has 10 heteroatoms. The quantitative estimate of drug-likeness (QED) is 0.519. The highest BCUT2D eigenvalue weighted by atomic mass is 16.5. The van der Waals surface area contributed by atoms with Gasteiger partial charge in [0.1, 0.15) is 42.4 Å². The Balaban J connectivity index is 1.21. The monoisotopic (exact) mass is 431 g/mol. The van der Waals surface area contributed by atoms with E-state index in [1.807, 2.05) is 6.07 Å². The van der Waals surface area contributed by atoms with Crippen molar-refractivity contribution in [3.05, 3.63) is 23.3 Å². The van der Waals surface area contributed by atoms with Crippen LogP contribution in [0.4, 0.5) is 0 Å². The van der Waals surface area contributed by atoms with Crippen LogP contribution in [0.1, 0.15) is 34.7 Å². The third kappa shape index (κ3) is 3.88. The fourth-order valence-electron chi connectivity index (χ4n) is 4.90. The lowest BCUT2D eigenvalue weighted by atomic mass is 9.77. The molecular weight excluding hydrogens is 403 g/mol. The molecule has 166 valence electrons. The Bertz CT molecular complexity index is 917. The highest BCUT2D eigenvalue weighted by Gasteiger charge is 2.54. The van der Waals surface area contributed by atoms with Crippen molar-refractivity contribution in [3.8, 4) is 11.5 Å². The van der Waals surface area contributed by atoms with Crippen molar-refractivity contribution in [2.45, 2.75) is 36.8 Å². The standard InChI is InChI=1S/C21H27BN2O7/c1-24(2)5-6-29-12(11-24)7-18(25)23-9-13(10-23)30-17-4-3-14-15-8-16(15)22(28)31-20(14)19(17)21(26)27/h3-4,12-13,15-16,28H,5-11H2,1-2H3/p+1/t12-,15-,16-/m0/s1. The van der Waals surface area contributed by atoms with Crippen LogP contribution in [0.15, 0.2) is 12.1 Å². The van der Waals surface area contributed by atoms with Gasteiger partial charge in [-0.05, 0) is 24.0 Å². The summed E-state index contributed by atoms with van der Waals surface area (Å²) in [5.74, 6) is -0.511. The first-order valence-corrected chi connectivity index (χ1v) is 10.8. The number of morpholine rings is 1. The average molecular weight is 431 g/mol. The number of carboxylic acids is 1. The minimum absolute atomic E-state index is 0.0295. The van der Waals surface area contributed by atoms with Gasteiger partial charge in [0, 0.05) is 5.82 Å². The van der Waals surface area contributed by atoms with Gasteiger partial charge in [-0.25, -0.2) is 4.79 Å². The van der Waals surface area contributed by atoms with Gasteiger partial charge in [-0.1, -0.05) is 6.07 Å². The second-order valence-electron chi connectivity index (χ2n) is 9.75. The number of amides is 1. The minimum Gasteiger partial charge on any atom is -0.535 e. The highest BCUT2D eigenvalue weighted by Crippen LogP contribution is 2.60. The Morgan fingerprint density at radius 3 is 2.81 bits per heavy atom. The molecule has 5 rings (SSSR count). The van der Waals surface area contributed by atoms with E-state index in [9.17, 15) is 19.7 Å². The number of carbonyl (C=O) groups is 2. The Morgan fingerprint density at radius 1 is 1.32 bits per heavy atom. The number of ether oxygens (including phenoxy) is 2. The van der Waals surface area contributed by atoms with E-state index < -0.39 is 13.1 Å². The minimum atomic E-state index is -1.15. The molecule has 3 fully saturated rings. The molecule has 2 N–H and O–H groups in total. The summed E-state index contributed by atoms with van der Waals surface area (Å²) in [6, 6.07) is 3.49. The number of rotatable bonds is 5. The van der Waals surface area contributed by atoms with Gasteiger partial charge < -0.3 is 33.6 Å². The van der Waals surface area contributed by atoms with Crippen molar-refractivity contribution in [2.75, 3.05) is 46.9 Å².